The minimum Gasteiger partial charge on any atom is -0.309 e. The van der Waals surface area contributed by atoms with Gasteiger partial charge in [-0.15, -0.1) is 0 Å². The molecular formula is C12H15N3O. The van der Waals surface area contributed by atoms with E-state index < -0.39 is 0 Å². The predicted octanol–water partition coefficient (Wildman–Crippen LogP) is 1.67. The van der Waals surface area contributed by atoms with Crippen LogP contribution in [0, 0.1) is 0 Å². The van der Waals surface area contributed by atoms with Crippen LogP contribution >= 0.6 is 0 Å². The van der Waals surface area contributed by atoms with Crippen LogP contribution < -0.4 is 5.56 Å². The zero-order valence-electron chi connectivity index (χ0n) is 9.50. The molecule has 0 bridgehead atoms. The Morgan fingerprint density at radius 3 is 2.69 bits per heavy atom. The third-order valence-electron chi connectivity index (χ3n) is 2.42. The molecule has 2 rings (SSSR count). The lowest BCUT2D eigenvalue weighted by molar-refractivity contribution is 0.523. The molecule has 0 radical (unpaired) electrons. The normalized spacial score (nSPS) is 10.9. The first-order valence-electron chi connectivity index (χ1n) is 5.36. The van der Waals surface area contributed by atoms with E-state index in [0.717, 1.165) is 5.69 Å². The van der Waals surface area contributed by atoms with E-state index in [-0.39, 0.29) is 5.56 Å². The first-order chi connectivity index (χ1) is 7.66. The van der Waals surface area contributed by atoms with Gasteiger partial charge in [0.05, 0.1) is 12.2 Å². The van der Waals surface area contributed by atoms with Crippen molar-refractivity contribution in [3.05, 3.63) is 52.7 Å². The maximum Gasteiger partial charge on any atom is 0.250 e. The minimum absolute atomic E-state index is 0.00148. The van der Waals surface area contributed by atoms with Crippen molar-refractivity contribution in [3.8, 4) is 0 Å². The molecule has 0 aliphatic heterocycles. The van der Waals surface area contributed by atoms with Gasteiger partial charge >= 0.3 is 0 Å². The first-order valence-corrected chi connectivity index (χ1v) is 5.36. The largest absolute Gasteiger partial charge is 0.309 e. The van der Waals surface area contributed by atoms with E-state index in [9.17, 15) is 4.79 Å². The van der Waals surface area contributed by atoms with Crippen LogP contribution in [0.5, 0.6) is 0 Å². The third kappa shape index (κ3) is 2.21. The third-order valence-corrected chi connectivity index (χ3v) is 2.42. The average molecular weight is 217 g/mol. The maximum absolute atomic E-state index is 11.5. The van der Waals surface area contributed by atoms with Crippen molar-refractivity contribution in [2.75, 3.05) is 0 Å². The SMILES string of the molecule is CC(C)n1ccc(Cn2ccccc2=O)n1. The van der Waals surface area contributed by atoms with Crippen LogP contribution in [0.4, 0.5) is 0 Å². The molecule has 2 aromatic heterocycles. The van der Waals surface area contributed by atoms with Crippen LogP contribution in [0.1, 0.15) is 25.6 Å². The fourth-order valence-corrected chi connectivity index (χ4v) is 1.52. The topological polar surface area (TPSA) is 39.8 Å². The lowest BCUT2D eigenvalue weighted by Gasteiger charge is -2.04. The van der Waals surface area contributed by atoms with Crippen molar-refractivity contribution >= 4 is 0 Å². The second kappa shape index (κ2) is 4.35. The fraction of sp³-hybridized carbons (Fsp3) is 0.333. The Bertz CT molecular complexity index is 525. The van der Waals surface area contributed by atoms with Gasteiger partial charge in [-0.3, -0.25) is 9.48 Å². The molecule has 0 unspecified atom stereocenters. The highest BCUT2D eigenvalue weighted by molar-refractivity contribution is 5.02. The number of hydrogen-bond acceptors (Lipinski definition) is 2. The Morgan fingerprint density at radius 1 is 1.25 bits per heavy atom. The van der Waals surface area contributed by atoms with Crippen molar-refractivity contribution < 1.29 is 0 Å². The molecule has 84 valence electrons. The van der Waals surface area contributed by atoms with Crippen LogP contribution in [0.15, 0.2) is 41.5 Å². The highest BCUT2D eigenvalue weighted by Crippen LogP contribution is 2.04. The highest BCUT2D eigenvalue weighted by atomic mass is 16.1. The molecule has 4 nitrogen and oxygen atoms in total. The van der Waals surface area contributed by atoms with Gasteiger partial charge in [0.25, 0.3) is 5.56 Å². The number of aromatic nitrogens is 3. The van der Waals surface area contributed by atoms with Crippen LogP contribution in [0.3, 0.4) is 0 Å². The zero-order chi connectivity index (χ0) is 11.5. The van der Waals surface area contributed by atoms with E-state index in [1.807, 2.05) is 23.0 Å². The molecule has 16 heavy (non-hydrogen) atoms. The maximum atomic E-state index is 11.5. The zero-order valence-corrected chi connectivity index (χ0v) is 9.50. The fourth-order valence-electron chi connectivity index (χ4n) is 1.52. The molecule has 0 saturated heterocycles. The Morgan fingerprint density at radius 2 is 2.06 bits per heavy atom. The monoisotopic (exact) mass is 217 g/mol. The van der Waals surface area contributed by atoms with Gasteiger partial charge in [0.15, 0.2) is 0 Å². The number of pyridine rings is 1. The second-order valence-corrected chi connectivity index (χ2v) is 4.05. The molecule has 0 aliphatic rings. The Balaban J connectivity index is 2.21. The van der Waals surface area contributed by atoms with E-state index in [2.05, 4.69) is 18.9 Å². The summed E-state index contributed by atoms with van der Waals surface area (Å²) in [6, 6.07) is 7.44. The lowest BCUT2D eigenvalue weighted by atomic mass is 10.4. The van der Waals surface area contributed by atoms with Crippen molar-refractivity contribution in [2.24, 2.45) is 0 Å². The van der Waals surface area contributed by atoms with Gasteiger partial charge in [0.2, 0.25) is 0 Å². The molecule has 0 atom stereocenters. The van der Waals surface area contributed by atoms with Gasteiger partial charge in [0, 0.05) is 24.5 Å². The van der Waals surface area contributed by atoms with E-state index >= 15 is 0 Å². The van der Waals surface area contributed by atoms with Crippen molar-refractivity contribution in [3.63, 3.8) is 0 Å². The summed E-state index contributed by atoms with van der Waals surface area (Å²) in [5.74, 6) is 0. The van der Waals surface area contributed by atoms with E-state index in [1.165, 1.54) is 0 Å². The van der Waals surface area contributed by atoms with Gasteiger partial charge < -0.3 is 4.57 Å². The summed E-state index contributed by atoms with van der Waals surface area (Å²) in [6.07, 6.45) is 3.71. The Hall–Kier alpha value is -1.84. The summed E-state index contributed by atoms with van der Waals surface area (Å²) in [5, 5.41) is 4.40. The van der Waals surface area contributed by atoms with Crippen molar-refractivity contribution in [1.82, 2.24) is 14.3 Å². The van der Waals surface area contributed by atoms with Gasteiger partial charge in [-0.05, 0) is 26.0 Å². The molecule has 0 aromatic carbocycles. The van der Waals surface area contributed by atoms with Crippen molar-refractivity contribution in [1.29, 1.82) is 0 Å². The molecular weight excluding hydrogens is 202 g/mol. The van der Waals surface area contributed by atoms with Gasteiger partial charge in [-0.1, -0.05) is 6.07 Å². The summed E-state index contributed by atoms with van der Waals surface area (Å²) in [4.78, 5) is 11.5. The quantitative estimate of drug-likeness (QED) is 0.784. The van der Waals surface area contributed by atoms with E-state index in [4.69, 9.17) is 0 Å². The second-order valence-electron chi connectivity index (χ2n) is 4.05. The summed E-state index contributed by atoms with van der Waals surface area (Å²) in [6.45, 7) is 4.68. The predicted molar refractivity (Wildman–Crippen MR) is 62.4 cm³/mol. The van der Waals surface area contributed by atoms with Crippen LogP contribution in [-0.4, -0.2) is 14.3 Å². The van der Waals surface area contributed by atoms with Crippen LogP contribution in [-0.2, 0) is 6.54 Å². The van der Waals surface area contributed by atoms with Crippen LogP contribution in [0.25, 0.3) is 0 Å². The summed E-state index contributed by atoms with van der Waals surface area (Å²) < 4.78 is 3.54. The van der Waals surface area contributed by atoms with Gasteiger partial charge in [-0.2, -0.15) is 5.10 Å². The number of hydrogen-bond donors (Lipinski definition) is 0. The Kier molecular flexibility index (Phi) is 2.90. The van der Waals surface area contributed by atoms with E-state index in [0.29, 0.717) is 12.6 Å². The minimum atomic E-state index is 0.00148. The Labute approximate surface area is 94.1 Å². The summed E-state index contributed by atoms with van der Waals surface area (Å²) >= 11 is 0. The van der Waals surface area contributed by atoms with Gasteiger partial charge in [-0.25, -0.2) is 0 Å². The smallest absolute Gasteiger partial charge is 0.250 e. The van der Waals surface area contributed by atoms with Gasteiger partial charge in [0.1, 0.15) is 0 Å². The number of nitrogens with zero attached hydrogens (tertiary/aromatic N) is 3. The molecule has 0 amide bonds. The molecule has 2 aromatic rings. The van der Waals surface area contributed by atoms with E-state index in [1.54, 1.807) is 22.9 Å². The molecule has 0 N–H and O–H groups in total. The highest BCUT2D eigenvalue weighted by Gasteiger charge is 2.03. The summed E-state index contributed by atoms with van der Waals surface area (Å²) in [5.41, 5.74) is 0.906. The molecule has 4 heteroatoms. The van der Waals surface area contributed by atoms with Crippen molar-refractivity contribution in [2.45, 2.75) is 26.4 Å². The molecule has 0 spiro atoms. The first kappa shape index (κ1) is 10.7. The number of rotatable bonds is 3. The molecule has 0 aliphatic carbocycles. The standard InChI is InChI=1S/C12H15N3O/c1-10(2)15-8-6-11(13-15)9-14-7-4-3-5-12(14)16/h3-8,10H,9H2,1-2H3. The molecule has 0 saturated carbocycles. The molecule has 0 fully saturated rings. The van der Waals surface area contributed by atoms with Crippen LogP contribution in [0.2, 0.25) is 0 Å². The lowest BCUT2D eigenvalue weighted by Crippen LogP contribution is -2.18. The summed E-state index contributed by atoms with van der Waals surface area (Å²) in [7, 11) is 0. The average Bonchev–Trinajstić information content (AvgIpc) is 2.70. The molecule has 2 heterocycles.